The summed E-state index contributed by atoms with van der Waals surface area (Å²) in [4.78, 5) is 15.1. The Morgan fingerprint density at radius 1 is 0.438 bits per heavy atom. The molecule has 4 aromatic heterocycles. The zero-order chi connectivity index (χ0) is 31.6. The van der Waals surface area contributed by atoms with E-state index in [1.165, 1.54) is 0 Å². The predicted octanol–water partition coefficient (Wildman–Crippen LogP) is 11.0. The van der Waals surface area contributed by atoms with Crippen molar-refractivity contribution in [3.63, 3.8) is 0 Å². The topological polar surface area (TPSA) is 56.2 Å². The third-order valence-corrected chi connectivity index (χ3v) is 9.19. The summed E-state index contributed by atoms with van der Waals surface area (Å²) in [5.41, 5.74) is 11.5. The molecule has 0 unspecified atom stereocenters. The fourth-order valence-electron chi connectivity index (χ4n) is 6.92. The number of hydrogen-bond acceptors (Lipinski definition) is 4. The number of benzene rings is 6. The highest BCUT2D eigenvalue weighted by Crippen LogP contribution is 2.40. The van der Waals surface area contributed by atoms with E-state index >= 15 is 0 Å². The quantitative estimate of drug-likeness (QED) is 0.198. The minimum atomic E-state index is 0.687. The first-order chi connectivity index (χ1) is 23.8. The van der Waals surface area contributed by atoms with Crippen molar-refractivity contribution in [2.24, 2.45) is 0 Å². The summed E-state index contributed by atoms with van der Waals surface area (Å²) in [5, 5.41) is 4.37. The number of rotatable bonds is 4. The molecule has 0 bridgehead atoms. The molecule has 0 aliphatic heterocycles. The minimum Gasteiger partial charge on any atom is -0.439 e. The minimum absolute atomic E-state index is 0.687. The van der Waals surface area contributed by atoms with Gasteiger partial charge in [-0.2, -0.15) is 0 Å². The highest BCUT2D eigenvalue weighted by atomic mass is 16.3. The van der Waals surface area contributed by atoms with Gasteiger partial charge in [0.15, 0.2) is 5.82 Å². The van der Waals surface area contributed by atoms with Crippen LogP contribution in [0, 0.1) is 0 Å². The summed E-state index contributed by atoms with van der Waals surface area (Å²) < 4.78 is 8.80. The average molecular weight is 615 g/mol. The van der Waals surface area contributed by atoms with Crippen LogP contribution in [-0.4, -0.2) is 19.4 Å². The molecule has 0 N–H and O–H groups in total. The van der Waals surface area contributed by atoms with Gasteiger partial charge in [-0.15, -0.1) is 0 Å². The van der Waals surface area contributed by atoms with E-state index in [0.29, 0.717) is 5.82 Å². The first-order valence-corrected chi connectivity index (χ1v) is 16.0. The number of pyridine rings is 1. The van der Waals surface area contributed by atoms with E-state index in [0.717, 1.165) is 88.7 Å². The first-order valence-electron chi connectivity index (χ1n) is 16.0. The third-order valence-electron chi connectivity index (χ3n) is 9.19. The lowest BCUT2D eigenvalue weighted by Crippen LogP contribution is -1.96. The number of hydrogen-bond donors (Lipinski definition) is 0. The van der Waals surface area contributed by atoms with Gasteiger partial charge in [-0.25, -0.2) is 15.0 Å². The van der Waals surface area contributed by atoms with Crippen LogP contribution in [0.15, 0.2) is 162 Å². The highest BCUT2D eigenvalue weighted by Gasteiger charge is 2.19. The van der Waals surface area contributed by atoms with Gasteiger partial charge >= 0.3 is 0 Å². The van der Waals surface area contributed by atoms with Gasteiger partial charge in [0.1, 0.15) is 11.2 Å². The molecule has 5 nitrogen and oxygen atoms in total. The largest absolute Gasteiger partial charge is 0.439 e. The van der Waals surface area contributed by atoms with Gasteiger partial charge in [-0.3, -0.25) is 4.40 Å². The van der Waals surface area contributed by atoms with Crippen molar-refractivity contribution in [3.8, 4) is 45.0 Å². The van der Waals surface area contributed by atoms with Crippen LogP contribution < -0.4 is 0 Å². The molecule has 0 amide bonds. The maximum atomic E-state index is 6.64. The number of aromatic nitrogens is 4. The van der Waals surface area contributed by atoms with Gasteiger partial charge in [0, 0.05) is 27.5 Å². The van der Waals surface area contributed by atoms with Crippen molar-refractivity contribution in [1.29, 1.82) is 0 Å². The smallest absolute Gasteiger partial charge is 0.215 e. The molecule has 0 aliphatic rings. The van der Waals surface area contributed by atoms with E-state index in [4.69, 9.17) is 19.4 Å². The number of fused-ring (bicyclic) bond motifs is 10. The molecule has 10 rings (SSSR count). The van der Waals surface area contributed by atoms with Crippen LogP contribution in [0.3, 0.4) is 0 Å². The Morgan fingerprint density at radius 3 is 1.83 bits per heavy atom. The van der Waals surface area contributed by atoms with Crippen LogP contribution in [-0.2, 0) is 0 Å². The van der Waals surface area contributed by atoms with Crippen molar-refractivity contribution in [3.05, 3.63) is 158 Å². The normalized spacial score (nSPS) is 11.8. The van der Waals surface area contributed by atoms with Crippen molar-refractivity contribution < 1.29 is 4.42 Å². The zero-order valence-electron chi connectivity index (χ0n) is 25.7. The summed E-state index contributed by atoms with van der Waals surface area (Å²) in [6, 6.07) is 54.3. The summed E-state index contributed by atoms with van der Waals surface area (Å²) in [6.45, 7) is 0. The summed E-state index contributed by atoms with van der Waals surface area (Å²) >= 11 is 0. The molecule has 224 valence electrons. The van der Waals surface area contributed by atoms with E-state index in [1.54, 1.807) is 0 Å². The van der Waals surface area contributed by atoms with Crippen LogP contribution in [0.25, 0.3) is 94.6 Å². The Kier molecular flexibility index (Phi) is 5.81. The Morgan fingerprint density at radius 2 is 1.06 bits per heavy atom. The molecule has 4 heterocycles. The fraction of sp³-hybridized carbons (Fsp3) is 0. The van der Waals surface area contributed by atoms with Gasteiger partial charge < -0.3 is 4.42 Å². The molecule has 0 saturated carbocycles. The standard InChI is InChI=1S/C43H26N4O/c1-3-12-27(13-4-1)36-26-37(28-14-5-2-6-15-28)45-41(44-36)31-17-11-16-29(24-31)30-22-23-39-34(25-30)40-32-18-7-8-19-33(32)42-46-35-20-9-10-21-38(35)47(42)43(40)48-39/h1-26H. The summed E-state index contributed by atoms with van der Waals surface area (Å²) in [6.07, 6.45) is 0. The number of nitrogens with zero attached hydrogens (tertiary/aromatic N) is 4. The Hall–Kier alpha value is -6.59. The van der Waals surface area contributed by atoms with Crippen molar-refractivity contribution in [1.82, 2.24) is 19.4 Å². The van der Waals surface area contributed by atoms with Crippen molar-refractivity contribution in [2.45, 2.75) is 0 Å². The summed E-state index contributed by atoms with van der Waals surface area (Å²) in [7, 11) is 0. The number of para-hydroxylation sites is 2. The second kappa shape index (κ2) is 10.5. The second-order valence-corrected chi connectivity index (χ2v) is 12.1. The number of furan rings is 1. The van der Waals surface area contributed by atoms with Gasteiger partial charge in [0.05, 0.1) is 27.8 Å². The lowest BCUT2D eigenvalue weighted by Gasteiger charge is -2.10. The van der Waals surface area contributed by atoms with Crippen LogP contribution in [0.2, 0.25) is 0 Å². The molecule has 10 aromatic rings. The van der Waals surface area contributed by atoms with Crippen LogP contribution in [0.1, 0.15) is 0 Å². The fourth-order valence-corrected chi connectivity index (χ4v) is 6.92. The highest BCUT2D eigenvalue weighted by molar-refractivity contribution is 6.22. The molecule has 48 heavy (non-hydrogen) atoms. The maximum Gasteiger partial charge on any atom is 0.215 e. The van der Waals surface area contributed by atoms with E-state index < -0.39 is 0 Å². The molecular formula is C43H26N4O. The molecule has 0 fully saturated rings. The lowest BCUT2D eigenvalue weighted by atomic mass is 9.99. The Balaban J connectivity index is 1.16. The van der Waals surface area contributed by atoms with Gasteiger partial charge in [-0.1, -0.05) is 121 Å². The van der Waals surface area contributed by atoms with E-state index in [-0.39, 0.29) is 0 Å². The van der Waals surface area contributed by atoms with E-state index in [2.05, 4.69) is 114 Å². The molecule has 0 aliphatic carbocycles. The number of imidazole rings is 1. The van der Waals surface area contributed by atoms with Crippen LogP contribution in [0.4, 0.5) is 0 Å². The van der Waals surface area contributed by atoms with Gasteiger partial charge in [0.25, 0.3) is 0 Å². The molecule has 6 aromatic carbocycles. The summed E-state index contributed by atoms with van der Waals surface area (Å²) in [5.74, 6) is 0.687. The Labute approximate surface area is 275 Å². The maximum absolute atomic E-state index is 6.64. The zero-order valence-corrected chi connectivity index (χ0v) is 25.7. The second-order valence-electron chi connectivity index (χ2n) is 12.1. The third kappa shape index (κ3) is 4.15. The molecule has 0 atom stereocenters. The monoisotopic (exact) mass is 614 g/mol. The average Bonchev–Trinajstić information content (AvgIpc) is 3.74. The van der Waals surface area contributed by atoms with Crippen molar-refractivity contribution in [2.75, 3.05) is 0 Å². The predicted molar refractivity (Wildman–Crippen MR) is 195 cm³/mol. The lowest BCUT2D eigenvalue weighted by molar-refractivity contribution is 0.650. The van der Waals surface area contributed by atoms with Crippen LogP contribution >= 0.6 is 0 Å². The molecule has 0 spiro atoms. The molecule has 0 saturated heterocycles. The first kappa shape index (κ1) is 26.6. The van der Waals surface area contributed by atoms with E-state index in [1.807, 2.05) is 48.5 Å². The molecule has 5 heteroatoms. The van der Waals surface area contributed by atoms with Gasteiger partial charge in [-0.05, 0) is 52.9 Å². The molecular weight excluding hydrogens is 589 g/mol. The van der Waals surface area contributed by atoms with Crippen LogP contribution in [0.5, 0.6) is 0 Å². The Bertz CT molecular complexity index is 2780. The van der Waals surface area contributed by atoms with Gasteiger partial charge in [0.2, 0.25) is 5.71 Å². The molecule has 0 radical (unpaired) electrons. The SMILES string of the molecule is c1ccc(-c2cc(-c3ccccc3)nc(-c3cccc(-c4ccc5oc6c(c5c4)c4ccccc4c4nc5ccccc5n46)c3)n2)cc1. The van der Waals surface area contributed by atoms with Crippen molar-refractivity contribution >= 4 is 49.5 Å². The van der Waals surface area contributed by atoms with E-state index in [9.17, 15) is 0 Å².